The summed E-state index contributed by atoms with van der Waals surface area (Å²) in [4.78, 5) is 13.9. The summed E-state index contributed by atoms with van der Waals surface area (Å²) in [6.07, 6.45) is 1.36. The molecule has 1 aromatic rings. The Morgan fingerprint density at radius 3 is 2.44 bits per heavy atom. The molecule has 1 fully saturated rings. The number of carbonyl (C=O) groups is 1. The van der Waals surface area contributed by atoms with E-state index in [0.717, 1.165) is 5.56 Å². The van der Waals surface area contributed by atoms with Gasteiger partial charge in [-0.25, -0.2) is 0 Å². The van der Waals surface area contributed by atoms with Gasteiger partial charge in [-0.1, -0.05) is 23.7 Å². The van der Waals surface area contributed by atoms with Crippen molar-refractivity contribution in [2.75, 3.05) is 7.05 Å². The molecule has 0 N–H and O–H groups in total. The second kappa shape index (κ2) is 4.62. The number of hydrogen-bond acceptors (Lipinski definition) is 2. The summed E-state index contributed by atoms with van der Waals surface area (Å²) < 4.78 is 0. The molecule has 1 aromatic carbocycles. The van der Waals surface area contributed by atoms with Gasteiger partial charge in [-0.15, -0.1) is 0 Å². The second-order valence-corrected chi connectivity index (χ2v) is 5.27. The van der Waals surface area contributed by atoms with Crippen molar-refractivity contribution in [1.82, 2.24) is 4.90 Å². The molecular formula is C14H15ClN2O. The van der Waals surface area contributed by atoms with Crippen LogP contribution in [0.4, 0.5) is 0 Å². The Morgan fingerprint density at radius 1 is 1.44 bits per heavy atom. The average Bonchev–Trinajstić information content (AvgIpc) is 3.18. The van der Waals surface area contributed by atoms with Crippen molar-refractivity contribution in [1.29, 1.82) is 5.26 Å². The molecule has 1 amide bonds. The minimum atomic E-state index is -0.755. The third kappa shape index (κ3) is 2.21. The predicted molar refractivity (Wildman–Crippen MR) is 69.9 cm³/mol. The van der Waals surface area contributed by atoms with Crippen LogP contribution in [0.2, 0.25) is 5.02 Å². The molecule has 1 saturated carbocycles. The van der Waals surface area contributed by atoms with Crippen molar-refractivity contribution in [2.45, 2.75) is 25.8 Å². The molecular weight excluding hydrogens is 248 g/mol. The number of nitriles is 1. The van der Waals surface area contributed by atoms with E-state index in [0.29, 0.717) is 17.9 Å². The molecule has 0 spiro atoms. The van der Waals surface area contributed by atoms with E-state index in [9.17, 15) is 4.79 Å². The Labute approximate surface area is 112 Å². The lowest BCUT2D eigenvalue weighted by atomic mass is 10.0. The van der Waals surface area contributed by atoms with E-state index in [-0.39, 0.29) is 11.9 Å². The molecule has 0 saturated heterocycles. The Balaban J connectivity index is 2.14. The van der Waals surface area contributed by atoms with Crippen molar-refractivity contribution in [3.05, 3.63) is 34.9 Å². The summed E-state index contributed by atoms with van der Waals surface area (Å²) >= 11 is 5.84. The summed E-state index contributed by atoms with van der Waals surface area (Å²) in [6.45, 7) is 1.95. The fourth-order valence-corrected chi connectivity index (χ4v) is 2.10. The molecule has 0 radical (unpaired) electrons. The average molecular weight is 263 g/mol. The van der Waals surface area contributed by atoms with Gasteiger partial charge < -0.3 is 4.90 Å². The summed E-state index contributed by atoms with van der Waals surface area (Å²) in [5.41, 5.74) is 0.263. The van der Waals surface area contributed by atoms with Crippen molar-refractivity contribution >= 4 is 17.5 Å². The fraction of sp³-hybridized carbons (Fsp3) is 0.429. The zero-order valence-corrected chi connectivity index (χ0v) is 11.2. The summed E-state index contributed by atoms with van der Waals surface area (Å²) in [7, 11) is 1.75. The second-order valence-electron chi connectivity index (χ2n) is 4.84. The van der Waals surface area contributed by atoms with E-state index in [1.165, 1.54) is 0 Å². The molecule has 3 nitrogen and oxygen atoms in total. The van der Waals surface area contributed by atoms with Crippen LogP contribution in [0.3, 0.4) is 0 Å². The Kier molecular flexibility index (Phi) is 3.32. The van der Waals surface area contributed by atoms with Gasteiger partial charge in [0.15, 0.2) is 0 Å². The molecule has 4 heteroatoms. The summed E-state index contributed by atoms with van der Waals surface area (Å²) in [6, 6.07) is 9.51. The van der Waals surface area contributed by atoms with Gasteiger partial charge >= 0.3 is 0 Å². The quantitative estimate of drug-likeness (QED) is 0.840. The zero-order valence-electron chi connectivity index (χ0n) is 10.5. The monoisotopic (exact) mass is 262 g/mol. The molecule has 18 heavy (non-hydrogen) atoms. The highest BCUT2D eigenvalue weighted by atomic mass is 35.5. The van der Waals surface area contributed by atoms with Gasteiger partial charge in [-0.2, -0.15) is 5.26 Å². The number of halogens is 1. The van der Waals surface area contributed by atoms with E-state index < -0.39 is 5.41 Å². The first-order chi connectivity index (χ1) is 8.50. The molecule has 0 bridgehead atoms. The fourth-order valence-electron chi connectivity index (χ4n) is 1.98. The third-order valence-electron chi connectivity index (χ3n) is 3.63. The Bertz CT molecular complexity index is 500. The van der Waals surface area contributed by atoms with Crippen molar-refractivity contribution in [3.63, 3.8) is 0 Å². The van der Waals surface area contributed by atoms with E-state index in [2.05, 4.69) is 6.07 Å². The van der Waals surface area contributed by atoms with Crippen LogP contribution >= 0.6 is 11.6 Å². The van der Waals surface area contributed by atoms with Crippen LogP contribution in [0.25, 0.3) is 0 Å². The van der Waals surface area contributed by atoms with Crippen LogP contribution in [-0.2, 0) is 4.79 Å². The van der Waals surface area contributed by atoms with E-state index in [1.807, 2.05) is 31.2 Å². The van der Waals surface area contributed by atoms with Gasteiger partial charge in [0, 0.05) is 12.1 Å². The highest BCUT2D eigenvalue weighted by molar-refractivity contribution is 6.30. The number of amides is 1. The lowest BCUT2D eigenvalue weighted by Gasteiger charge is -2.27. The molecule has 1 atom stereocenters. The van der Waals surface area contributed by atoms with E-state index in [4.69, 9.17) is 16.9 Å². The molecule has 0 aliphatic heterocycles. The van der Waals surface area contributed by atoms with Crippen LogP contribution in [-0.4, -0.2) is 17.9 Å². The normalized spacial score (nSPS) is 17.7. The lowest BCUT2D eigenvalue weighted by molar-refractivity contribution is -0.135. The molecule has 2 rings (SSSR count). The molecule has 0 heterocycles. The van der Waals surface area contributed by atoms with Gasteiger partial charge in [0.05, 0.1) is 12.1 Å². The maximum atomic E-state index is 12.2. The number of hydrogen-bond donors (Lipinski definition) is 0. The minimum Gasteiger partial charge on any atom is -0.338 e. The van der Waals surface area contributed by atoms with Crippen LogP contribution in [0.5, 0.6) is 0 Å². The first kappa shape index (κ1) is 12.9. The Hall–Kier alpha value is -1.53. The summed E-state index contributed by atoms with van der Waals surface area (Å²) in [5, 5.41) is 9.73. The van der Waals surface area contributed by atoms with E-state index in [1.54, 1.807) is 11.9 Å². The zero-order chi connectivity index (χ0) is 13.3. The molecule has 94 valence electrons. The van der Waals surface area contributed by atoms with Gasteiger partial charge in [-0.3, -0.25) is 4.79 Å². The standard InChI is InChI=1S/C14H15ClN2O/c1-10(11-3-5-12(15)6-4-11)17(2)13(18)14(9-16)7-8-14/h3-6,10H,7-8H2,1-2H3. The molecule has 0 aromatic heterocycles. The maximum absolute atomic E-state index is 12.2. The van der Waals surface area contributed by atoms with Crippen molar-refractivity contribution in [3.8, 4) is 6.07 Å². The maximum Gasteiger partial charge on any atom is 0.243 e. The SMILES string of the molecule is CC(c1ccc(Cl)cc1)N(C)C(=O)C1(C#N)CC1. The van der Waals surface area contributed by atoms with Crippen LogP contribution in [0, 0.1) is 16.7 Å². The largest absolute Gasteiger partial charge is 0.338 e. The van der Waals surface area contributed by atoms with Gasteiger partial charge in [-0.05, 0) is 37.5 Å². The highest BCUT2D eigenvalue weighted by Crippen LogP contribution is 2.47. The third-order valence-corrected chi connectivity index (χ3v) is 3.88. The predicted octanol–water partition coefficient (Wildman–Crippen LogP) is 3.16. The van der Waals surface area contributed by atoms with Gasteiger partial charge in [0.2, 0.25) is 5.91 Å². The highest BCUT2D eigenvalue weighted by Gasteiger charge is 2.52. The Morgan fingerprint density at radius 2 is 2.00 bits per heavy atom. The number of carbonyl (C=O) groups excluding carboxylic acids is 1. The lowest BCUT2D eigenvalue weighted by Crippen LogP contribution is -2.35. The van der Waals surface area contributed by atoms with Crippen LogP contribution in [0.1, 0.15) is 31.4 Å². The number of nitrogens with zero attached hydrogens (tertiary/aromatic N) is 2. The minimum absolute atomic E-state index is 0.0550. The molecule has 1 aliphatic carbocycles. The van der Waals surface area contributed by atoms with E-state index >= 15 is 0 Å². The first-order valence-corrected chi connectivity index (χ1v) is 6.32. The summed E-state index contributed by atoms with van der Waals surface area (Å²) in [5.74, 6) is -0.0764. The topological polar surface area (TPSA) is 44.1 Å². The molecule has 1 aliphatic rings. The number of rotatable bonds is 3. The smallest absolute Gasteiger partial charge is 0.243 e. The van der Waals surface area contributed by atoms with Crippen molar-refractivity contribution < 1.29 is 4.79 Å². The van der Waals surface area contributed by atoms with Crippen LogP contribution in [0.15, 0.2) is 24.3 Å². The molecule has 1 unspecified atom stereocenters. The van der Waals surface area contributed by atoms with Crippen molar-refractivity contribution in [2.24, 2.45) is 5.41 Å². The van der Waals surface area contributed by atoms with Gasteiger partial charge in [0.1, 0.15) is 5.41 Å². The van der Waals surface area contributed by atoms with Gasteiger partial charge in [0.25, 0.3) is 0 Å². The first-order valence-electron chi connectivity index (χ1n) is 5.94. The van der Waals surface area contributed by atoms with Crippen LogP contribution < -0.4 is 0 Å². The number of benzene rings is 1.